The maximum Gasteiger partial charge on any atom is 0.125 e. The van der Waals surface area contributed by atoms with Crippen molar-refractivity contribution in [2.45, 2.75) is 31.3 Å². The minimum absolute atomic E-state index is 0.753. The molecule has 18 heavy (non-hydrogen) atoms. The number of aliphatic hydroxyl groups is 1. The van der Waals surface area contributed by atoms with Crippen molar-refractivity contribution in [2.24, 2.45) is 0 Å². The summed E-state index contributed by atoms with van der Waals surface area (Å²) >= 11 is 0. The van der Waals surface area contributed by atoms with Gasteiger partial charge in [-0.2, -0.15) is 0 Å². The van der Waals surface area contributed by atoms with E-state index >= 15 is 0 Å². The molecule has 0 unspecified atom stereocenters. The number of fused-ring (bicyclic) bond motifs is 1. The number of benzene rings is 2. The first kappa shape index (κ1) is 11.3. The van der Waals surface area contributed by atoms with Crippen LogP contribution in [0.4, 0.5) is 0 Å². The van der Waals surface area contributed by atoms with E-state index in [2.05, 4.69) is 30.0 Å². The lowest BCUT2D eigenvalue weighted by Crippen LogP contribution is -2.20. The quantitative estimate of drug-likeness (QED) is 0.694. The van der Waals surface area contributed by atoms with Gasteiger partial charge in [0.1, 0.15) is 5.60 Å². The van der Waals surface area contributed by atoms with Gasteiger partial charge in [-0.1, -0.05) is 48.2 Å². The molecule has 0 spiro atoms. The second-order valence-corrected chi connectivity index (χ2v) is 5.02. The molecule has 1 N–H and O–H groups in total. The van der Waals surface area contributed by atoms with Crippen LogP contribution in [0.3, 0.4) is 0 Å². The zero-order valence-corrected chi connectivity index (χ0v) is 10.3. The highest BCUT2D eigenvalue weighted by atomic mass is 16.3. The van der Waals surface area contributed by atoms with Gasteiger partial charge >= 0.3 is 0 Å². The monoisotopic (exact) mass is 236 g/mol. The Hall–Kier alpha value is -1.78. The molecule has 0 heterocycles. The molecule has 90 valence electrons. The summed E-state index contributed by atoms with van der Waals surface area (Å²) in [6.45, 7) is 0. The van der Waals surface area contributed by atoms with E-state index in [1.165, 1.54) is 5.39 Å². The highest BCUT2D eigenvalue weighted by molar-refractivity contribution is 5.88. The normalized spacial score (nSPS) is 17.4. The molecule has 0 saturated heterocycles. The molecule has 1 saturated carbocycles. The third kappa shape index (κ3) is 2.12. The average Bonchev–Trinajstić information content (AvgIpc) is 2.84. The van der Waals surface area contributed by atoms with E-state index in [1.54, 1.807) is 0 Å². The Bertz CT molecular complexity index is 619. The fourth-order valence-electron chi connectivity index (χ4n) is 2.60. The van der Waals surface area contributed by atoms with Crippen LogP contribution >= 0.6 is 0 Å². The first-order valence-corrected chi connectivity index (χ1v) is 6.50. The van der Waals surface area contributed by atoms with E-state index in [-0.39, 0.29) is 0 Å². The molecular formula is C17H16O. The largest absolute Gasteiger partial charge is 0.378 e. The Morgan fingerprint density at radius 1 is 0.944 bits per heavy atom. The zero-order valence-electron chi connectivity index (χ0n) is 10.3. The van der Waals surface area contributed by atoms with Crippen LogP contribution in [-0.4, -0.2) is 10.7 Å². The van der Waals surface area contributed by atoms with Crippen molar-refractivity contribution >= 4 is 10.8 Å². The van der Waals surface area contributed by atoms with Crippen LogP contribution in [-0.2, 0) is 0 Å². The van der Waals surface area contributed by atoms with Crippen molar-refractivity contribution in [2.75, 3.05) is 0 Å². The van der Waals surface area contributed by atoms with E-state index in [1.807, 2.05) is 24.3 Å². The molecule has 0 aromatic heterocycles. The lowest BCUT2D eigenvalue weighted by Gasteiger charge is -2.12. The maximum atomic E-state index is 10.3. The van der Waals surface area contributed by atoms with Crippen molar-refractivity contribution in [1.82, 2.24) is 0 Å². The zero-order chi connectivity index (χ0) is 12.4. The molecule has 2 aromatic rings. The van der Waals surface area contributed by atoms with Gasteiger partial charge in [0.25, 0.3) is 0 Å². The summed E-state index contributed by atoms with van der Waals surface area (Å²) in [7, 11) is 0. The van der Waals surface area contributed by atoms with Crippen molar-refractivity contribution in [3.8, 4) is 11.8 Å². The molecule has 1 fully saturated rings. The van der Waals surface area contributed by atoms with Crippen molar-refractivity contribution in [3.63, 3.8) is 0 Å². The van der Waals surface area contributed by atoms with Gasteiger partial charge in [0.2, 0.25) is 0 Å². The summed E-state index contributed by atoms with van der Waals surface area (Å²) in [6.07, 6.45) is 3.79. The summed E-state index contributed by atoms with van der Waals surface area (Å²) < 4.78 is 0. The molecule has 1 heteroatoms. The first-order valence-electron chi connectivity index (χ1n) is 6.50. The predicted molar refractivity (Wildman–Crippen MR) is 74.2 cm³/mol. The van der Waals surface area contributed by atoms with Gasteiger partial charge in [0.05, 0.1) is 0 Å². The molecule has 0 aliphatic heterocycles. The van der Waals surface area contributed by atoms with Crippen molar-refractivity contribution in [3.05, 3.63) is 48.0 Å². The van der Waals surface area contributed by atoms with Crippen LogP contribution in [0.25, 0.3) is 10.8 Å². The van der Waals surface area contributed by atoms with Crippen LogP contribution in [0.2, 0.25) is 0 Å². The minimum Gasteiger partial charge on any atom is -0.378 e. The number of hydrogen-bond donors (Lipinski definition) is 1. The van der Waals surface area contributed by atoms with Gasteiger partial charge in [-0.3, -0.25) is 0 Å². The van der Waals surface area contributed by atoms with Gasteiger partial charge in [0.15, 0.2) is 0 Å². The van der Waals surface area contributed by atoms with Crippen LogP contribution in [0.1, 0.15) is 31.2 Å². The van der Waals surface area contributed by atoms with Crippen LogP contribution in [0.5, 0.6) is 0 Å². The summed E-state index contributed by atoms with van der Waals surface area (Å²) in [6, 6.07) is 14.4. The summed E-state index contributed by atoms with van der Waals surface area (Å²) in [5.41, 5.74) is 0.255. The van der Waals surface area contributed by atoms with Gasteiger partial charge < -0.3 is 5.11 Å². The lowest BCUT2D eigenvalue weighted by molar-refractivity contribution is 0.110. The van der Waals surface area contributed by atoms with Crippen LogP contribution in [0.15, 0.2) is 42.5 Å². The highest BCUT2D eigenvalue weighted by Crippen LogP contribution is 2.28. The second-order valence-electron chi connectivity index (χ2n) is 5.02. The fraction of sp³-hybridized carbons (Fsp3) is 0.294. The summed E-state index contributed by atoms with van der Waals surface area (Å²) in [4.78, 5) is 0. The Kier molecular flexibility index (Phi) is 2.81. The molecule has 1 aliphatic carbocycles. The molecule has 0 radical (unpaired) electrons. The van der Waals surface area contributed by atoms with Crippen molar-refractivity contribution < 1.29 is 5.11 Å². The highest BCUT2D eigenvalue weighted by Gasteiger charge is 2.28. The first-order chi connectivity index (χ1) is 8.77. The summed E-state index contributed by atoms with van der Waals surface area (Å²) in [5.74, 6) is 6.24. The SMILES string of the molecule is OC1(C#Cc2cccc3ccccc23)CCCC1. The fourth-order valence-corrected chi connectivity index (χ4v) is 2.60. The smallest absolute Gasteiger partial charge is 0.125 e. The third-order valence-electron chi connectivity index (χ3n) is 3.65. The number of hydrogen-bond acceptors (Lipinski definition) is 1. The van der Waals surface area contributed by atoms with Gasteiger partial charge in [-0.05, 0) is 42.5 Å². The van der Waals surface area contributed by atoms with Gasteiger partial charge in [-0.25, -0.2) is 0 Å². The Balaban J connectivity index is 2.03. The van der Waals surface area contributed by atoms with Gasteiger partial charge in [-0.15, -0.1) is 0 Å². The Morgan fingerprint density at radius 3 is 2.50 bits per heavy atom. The topological polar surface area (TPSA) is 20.2 Å². The molecule has 0 atom stereocenters. The molecule has 1 nitrogen and oxygen atoms in total. The predicted octanol–water partition coefficient (Wildman–Crippen LogP) is 3.50. The lowest BCUT2D eigenvalue weighted by atomic mass is 10.0. The Morgan fingerprint density at radius 2 is 1.67 bits per heavy atom. The third-order valence-corrected chi connectivity index (χ3v) is 3.65. The van der Waals surface area contributed by atoms with E-state index in [9.17, 15) is 5.11 Å². The molecule has 3 rings (SSSR count). The molecule has 0 bridgehead atoms. The van der Waals surface area contributed by atoms with Crippen LogP contribution in [0, 0.1) is 11.8 Å². The standard InChI is InChI=1S/C17H16O/c18-17(11-3-4-12-17)13-10-15-8-5-7-14-6-1-2-9-16(14)15/h1-2,5-9,18H,3-4,11-12H2. The Labute approximate surface area is 107 Å². The van der Waals surface area contributed by atoms with Gasteiger partial charge in [0, 0.05) is 5.56 Å². The number of rotatable bonds is 0. The van der Waals surface area contributed by atoms with E-state index in [0.717, 1.165) is 36.6 Å². The van der Waals surface area contributed by atoms with E-state index in [4.69, 9.17) is 0 Å². The minimum atomic E-state index is -0.753. The van der Waals surface area contributed by atoms with E-state index < -0.39 is 5.60 Å². The second kappa shape index (κ2) is 4.48. The van der Waals surface area contributed by atoms with E-state index in [0.29, 0.717) is 0 Å². The maximum absolute atomic E-state index is 10.3. The molecule has 0 amide bonds. The molecule has 1 aliphatic rings. The molecular weight excluding hydrogens is 220 g/mol. The van der Waals surface area contributed by atoms with Crippen molar-refractivity contribution in [1.29, 1.82) is 0 Å². The van der Waals surface area contributed by atoms with Crippen LogP contribution < -0.4 is 0 Å². The average molecular weight is 236 g/mol. The molecule has 2 aromatic carbocycles. The summed E-state index contributed by atoms with van der Waals surface area (Å²) in [5, 5.41) is 12.6.